The Morgan fingerprint density at radius 1 is 1.05 bits per heavy atom. The lowest BCUT2D eigenvalue weighted by Gasteiger charge is -2.10. The second kappa shape index (κ2) is 5.01. The molecule has 0 radical (unpaired) electrons. The molecule has 0 aliphatic carbocycles. The van der Waals surface area contributed by atoms with Crippen LogP contribution in [0.4, 0.5) is 4.39 Å². The summed E-state index contributed by atoms with van der Waals surface area (Å²) in [6.45, 7) is 3.41. The molecule has 100 valence electrons. The average molecular weight is 280 g/mol. The van der Waals surface area contributed by atoms with Gasteiger partial charge in [-0.2, -0.15) is 8.42 Å². The molecule has 0 saturated heterocycles. The summed E-state index contributed by atoms with van der Waals surface area (Å²) in [6.07, 6.45) is 0. The van der Waals surface area contributed by atoms with Crippen LogP contribution in [0.2, 0.25) is 0 Å². The molecule has 0 atom stereocenters. The lowest BCUT2D eigenvalue weighted by molar-refractivity contribution is 0.474. The maximum atomic E-state index is 13.6. The van der Waals surface area contributed by atoms with Crippen molar-refractivity contribution in [2.24, 2.45) is 0 Å². The van der Waals surface area contributed by atoms with Gasteiger partial charge in [0.05, 0.1) is 0 Å². The molecule has 0 amide bonds. The van der Waals surface area contributed by atoms with Crippen LogP contribution in [0, 0.1) is 19.7 Å². The molecular formula is C14H13FO3S. The van der Waals surface area contributed by atoms with Crippen LogP contribution in [0.1, 0.15) is 11.1 Å². The summed E-state index contributed by atoms with van der Waals surface area (Å²) < 4.78 is 42.7. The molecule has 0 aliphatic rings. The van der Waals surface area contributed by atoms with E-state index in [4.69, 9.17) is 4.18 Å². The third-order valence-electron chi connectivity index (χ3n) is 2.65. The second-order valence-corrected chi connectivity index (χ2v) is 5.75. The minimum absolute atomic E-state index is 0.198. The van der Waals surface area contributed by atoms with E-state index in [9.17, 15) is 12.8 Å². The fourth-order valence-electron chi connectivity index (χ4n) is 1.62. The SMILES string of the molecule is Cc1ccc(F)c(S(=O)(=O)Oc2ccccc2C)c1. The topological polar surface area (TPSA) is 43.4 Å². The Kier molecular flexibility index (Phi) is 3.57. The Morgan fingerprint density at radius 3 is 2.42 bits per heavy atom. The molecule has 3 nitrogen and oxygen atoms in total. The molecule has 19 heavy (non-hydrogen) atoms. The molecule has 0 unspecified atom stereocenters. The zero-order chi connectivity index (χ0) is 14.0. The Bertz CT molecular complexity index is 708. The van der Waals surface area contributed by atoms with Crippen molar-refractivity contribution < 1.29 is 17.0 Å². The Hall–Kier alpha value is -1.88. The van der Waals surface area contributed by atoms with Crippen molar-refractivity contribution in [3.63, 3.8) is 0 Å². The van der Waals surface area contributed by atoms with Crippen molar-refractivity contribution in [2.45, 2.75) is 18.7 Å². The first-order chi connectivity index (χ1) is 8.90. The van der Waals surface area contributed by atoms with Crippen molar-refractivity contribution in [1.82, 2.24) is 0 Å². The molecule has 2 aromatic rings. The van der Waals surface area contributed by atoms with Crippen LogP contribution < -0.4 is 4.18 Å². The van der Waals surface area contributed by atoms with Gasteiger partial charge >= 0.3 is 10.1 Å². The van der Waals surface area contributed by atoms with Crippen LogP contribution in [0.25, 0.3) is 0 Å². The van der Waals surface area contributed by atoms with E-state index in [1.165, 1.54) is 18.2 Å². The van der Waals surface area contributed by atoms with Gasteiger partial charge in [0, 0.05) is 0 Å². The fourth-order valence-corrected chi connectivity index (χ4v) is 2.77. The summed E-state index contributed by atoms with van der Waals surface area (Å²) in [6, 6.07) is 10.5. The van der Waals surface area contributed by atoms with E-state index in [0.29, 0.717) is 11.1 Å². The summed E-state index contributed by atoms with van der Waals surface area (Å²) in [4.78, 5) is -0.448. The Balaban J connectivity index is 2.44. The first-order valence-electron chi connectivity index (χ1n) is 5.66. The summed E-state index contributed by atoms with van der Waals surface area (Å²) in [7, 11) is -4.16. The first-order valence-corrected chi connectivity index (χ1v) is 7.07. The zero-order valence-corrected chi connectivity index (χ0v) is 11.4. The van der Waals surface area contributed by atoms with Gasteiger partial charge in [0.15, 0.2) is 0 Å². The van der Waals surface area contributed by atoms with Crippen molar-refractivity contribution in [3.8, 4) is 5.75 Å². The predicted molar refractivity (Wildman–Crippen MR) is 70.1 cm³/mol. The van der Waals surface area contributed by atoms with Crippen molar-refractivity contribution in [1.29, 1.82) is 0 Å². The molecule has 0 saturated carbocycles. The molecular weight excluding hydrogens is 267 g/mol. The number of aryl methyl sites for hydroxylation is 2. The largest absolute Gasteiger partial charge is 0.379 e. The smallest absolute Gasteiger partial charge is 0.342 e. The van der Waals surface area contributed by atoms with E-state index in [2.05, 4.69) is 0 Å². The molecule has 0 bridgehead atoms. The van der Waals surface area contributed by atoms with Gasteiger partial charge in [-0.25, -0.2) is 4.39 Å². The zero-order valence-electron chi connectivity index (χ0n) is 10.6. The predicted octanol–water partition coefficient (Wildman–Crippen LogP) is 3.21. The fraction of sp³-hybridized carbons (Fsp3) is 0.143. The van der Waals surface area contributed by atoms with Crippen molar-refractivity contribution in [3.05, 3.63) is 59.4 Å². The summed E-state index contributed by atoms with van der Waals surface area (Å²) in [5.74, 6) is -0.623. The van der Waals surface area contributed by atoms with Crippen LogP contribution in [0.3, 0.4) is 0 Å². The van der Waals surface area contributed by atoms with Crippen LogP contribution in [-0.2, 0) is 10.1 Å². The highest BCUT2D eigenvalue weighted by atomic mass is 32.2. The molecule has 5 heteroatoms. The van der Waals surface area contributed by atoms with E-state index < -0.39 is 20.8 Å². The molecule has 2 aromatic carbocycles. The van der Waals surface area contributed by atoms with E-state index in [-0.39, 0.29) is 5.75 Å². The Morgan fingerprint density at radius 2 is 1.74 bits per heavy atom. The molecule has 0 aliphatic heterocycles. The van der Waals surface area contributed by atoms with Gasteiger partial charge in [0.1, 0.15) is 16.5 Å². The molecule has 0 N–H and O–H groups in total. The number of benzene rings is 2. The normalized spacial score (nSPS) is 11.3. The summed E-state index contributed by atoms with van der Waals surface area (Å²) in [5.41, 5.74) is 1.31. The molecule has 0 fully saturated rings. The van der Waals surface area contributed by atoms with Gasteiger partial charge in [-0.15, -0.1) is 0 Å². The molecule has 0 heterocycles. The van der Waals surface area contributed by atoms with Gasteiger partial charge in [-0.1, -0.05) is 24.3 Å². The lowest BCUT2D eigenvalue weighted by atomic mass is 10.2. The highest BCUT2D eigenvalue weighted by molar-refractivity contribution is 7.87. The van der Waals surface area contributed by atoms with Gasteiger partial charge in [-0.3, -0.25) is 0 Å². The first kappa shape index (κ1) is 13.5. The summed E-state index contributed by atoms with van der Waals surface area (Å²) in [5, 5.41) is 0. The molecule has 0 spiro atoms. The van der Waals surface area contributed by atoms with Crippen LogP contribution in [-0.4, -0.2) is 8.42 Å². The quantitative estimate of drug-likeness (QED) is 0.811. The van der Waals surface area contributed by atoms with Crippen LogP contribution in [0.15, 0.2) is 47.4 Å². The molecule has 0 aromatic heterocycles. The maximum Gasteiger partial charge on any atom is 0.342 e. The average Bonchev–Trinajstić information content (AvgIpc) is 2.35. The van der Waals surface area contributed by atoms with E-state index in [1.54, 1.807) is 32.0 Å². The number of hydrogen-bond donors (Lipinski definition) is 0. The lowest BCUT2D eigenvalue weighted by Crippen LogP contribution is -2.12. The van der Waals surface area contributed by atoms with E-state index in [1.807, 2.05) is 0 Å². The minimum atomic E-state index is -4.16. The van der Waals surface area contributed by atoms with Crippen LogP contribution in [0.5, 0.6) is 5.75 Å². The third-order valence-corrected chi connectivity index (χ3v) is 3.90. The second-order valence-electron chi connectivity index (χ2n) is 4.24. The highest BCUT2D eigenvalue weighted by Crippen LogP contribution is 2.24. The highest BCUT2D eigenvalue weighted by Gasteiger charge is 2.22. The standard InChI is InChI=1S/C14H13FO3S/c1-10-7-8-12(15)14(9-10)19(16,17)18-13-6-4-3-5-11(13)2/h3-9H,1-2H3. The third kappa shape index (κ3) is 2.93. The Labute approximate surface area is 111 Å². The summed E-state index contributed by atoms with van der Waals surface area (Å²) >= 11 is 0. The van der Waals surface area contributed by atoms with Gasteiger partial charge in [0.25, 0.3) is 0 Å². The number of rotatable bonds is 3. The van der Waals surface area contributed by atoms with Gasteiger partial charge in [0.2, 0.25) is 0 Å². The van der Waals surface area contributed by atoms with Crippen molar-refractivity contribution >= 4 is 10.1 Å². The van der Waals surface area contributed by atoms with Gasteiger partial charge in [-0.05, 0) is 43.2 Å². The minimum Gasteiger partial charge on any atom is -0.379 e. The number of para-hydroxylation sites is 1. The van der Waals surface area contributed by atoms with Crippen LogP contribution >= 0.6 is 0 Å². The van der Waals surface area contributed by atoms with E-state index >= 15 is 0 Å². The van der Waals surface area contributed by atoms with E-state index in [0.717, 1.165) is 6.07 Å². The monoisotopic (exact) mass is 280 g/mol. The number of halogens is 1. The number of hydrogen-bond acceptors (Lipinski definition) is 3. The molecule has 2 rings (SSSR count). The maximum absolute atomic E-state index is 13.6. The van der Waals surface area contributed by atoms with Crippen molar-refractivity contribution in [2.75, 3.05) is 0 Å². The van der Waals surface area contributed by atoms with Gasteiger partial charge < -0.3 is 4.18 Å².